The molecule has 2 fully saturated rings. The maximum absolute atomic E-state index is 12.1. The third-order valence-electron chi connectivity index (χ3n) is 4.89. The lowest BCUT2D eigenvalue weighted by molar-refractivity contribution is -0.128. The molecule has 1 unspecified atom stereocenters. The van der Waals surface area contributed by atoms with Crippen molar-refractivity contribution in [3.63, 3.8) is 0 Å². The van der Waals surface area contributed by atoms with E-state index in [-0.39, 0.29) is 17.2 Å². The summed E-state index contributed by atoms with van der Waals surface area (Å²) in [4.78, 5) is 14.1. The Kier molecular flexibility index (Phi) is 3.53. The lowest BCUT2D eigenvalue weighted by Gasteiger charge is -2.34. The summed E-state index contributed by atoms with van der Waals surface area (Å²) in [5.41, 5.74) is 1.54. The van der Waals surface area contributed by atoms with Crippen LogP contribution in [0.15, 0.2) is 30.3 Å². The van der Waals surface area contributed by atoms with E-state index in [4.69, 9.17) is 6.42 Å². The molecule has 0 aromatic heterocycles. The Labute approximate surface area is 121 Å². The van der Waals surface area contributed by atoms with Crippen LogP contribution in [-0.4, -0.2) is 23.9 Å². The van der Waals surface area contributed by atoms with E-state index in [2.05, 4.69) is 36.3 Å². The molecule has 1 aromatic carbocycles. The van der Waals surface area contributed by atoms with Crippen LogP contribution in [0.25, 0.3) is 0 Å². The Morgan fingerprint density at radius 1 is 1.25 bits per heavy atom. The largest absolute Gasteiger partial charge is 0.341 e. The Morgan fingerprint density at radius 3 is 2.55 bits per heavy atom. The highest BCUT2D eigenvalue weighted by Gasteiger charge is 2.40. The minimum atomic E-state index is 0.108. The fraction of sp³-hybridized carbons (Fsp3) is 0.500. The number of rotatable bonds is 3. The van der Waals surface area contributed by atoms with Crippen LogP contribution in [0, 0.1) is 18.3 Å². The first-order valence-electron chi connectivity index (χ1n) is 7.53. The second-order valence-electron chi connectivity index (χ2n) is 6.20. The van der Waals surface area contributed by atoms with Gasteiger partial charge in [0.05, 0.1) is 0 Å². The summed E-state index contributed by atoms with van der Waals surface area (Å²) in [6, 6.07) is 10.7. The molecule has 1 aromatic rings. The van der Waals surface area contributed by atoms with Crippen molar-refractivity contribution < 1.29 is 4.79 Å². The summed E-state index contributed by atoms with van der Waals surface area (Å²) in [7, 11) is 0. The summed E-state index contributed by atoms with van der Waals surface area (Å²) in [6.07, 6.45) is 10.9. The van der Waals surface area contributed by atoms with Crippen molar-refractivity contribution in [3.05, 3.63) is 35.9 Å². The van der Waals surface area contributed by atoms with E-state index in [0.717, 1.165) is 13.1 Å². The molecule has 1 atom stereocenters. The minimum absolute atomic E-state index is 0.108. The molecule has 0 spiro atoms. The van der Waals surface area contributed by atoms with Gasteiger partial charge in [0.25, 0.3) is 0 Å². The van der Waals surface area contributed by atoms with Gasteiger partial charge in [0.2, 0.25) is 5.91 Å². The second-order valence-corrected chi connectivity index (χ2v) is 6.20. The molecular weight excluding hydrogens is 246 g/mol. The Hall–Kier alpha value is -1.75. The van der Waals surface area contributed by atoms with Crippen molar-refractivity contribution in [2.45, 2.75) is 37.5 Å². The topological polar surface area (TPSA) is 20.3 Å². The van der Waals surface area contributed by atoms with E-state index in [1.807, 2.05) is 4.90 Å². The fourth-order valence-electron chi connectivity index (χ4n) is 3.78. The van der Waals surface area contributed by atoms with E-state index in [1.54, 1.807) is 0 Å². The average Bonchev–Trinajstić information content (AvgIpc) is 3.09. The highest BCUT2D eigenvalue weighted by atomic mass is 16.2. The first-order chi connectivity index (χ1) is 9.73. The van der Waals surface area contributed by atoms with Gasteiger partial charge in [-0.15, -0.1) is 12.3 Å². The van der Waals surface area contributed by atoms with E-state index in [1.165, 1.54) is 31.2 Å². The van der Waals surface area contributed by atoms with E-state index in [0.29, 0.717) is 6.42 Å². The van der Waals surface area contributed by atoms with Gasteiger partial charge in [0.15, 0.2) is 0 Å². The predicted molar refractivity (Wildman–Crippen MR) is 80.1 cm³/mol. The van der Waals surface area contributed by atoms with Crippen LogP contribution in [-0.2, 0) is 10.2 Å². The van der Waals surface area contributed by atoms with Crippen LogP contribution in [0.4, 0.5) is 0 Å². The monoisotopic (exact) mass is 267 g/mol. The van der Waals surface area contributed by atoms with Crippen molar-refractivity contribution in [2.75, 3.05) is 13.1 Å². The highest BCUT2D eigenvalue weighted by Crippen LogP contribution is 2.42. The van der Waals surface area contributed by atoms with Gasteiger partial charge >= 0.3 is 0 Å². The van der Waals surface area contributed by atoms with Crippen molar-refractivity contribution >= 4 is 5.91 Å². The van der Waals surface area contributed by atoms with Gasteiger partial charge in [-0.25, -0.2) is 0 Å². The van der Waals surface area contributed by atoms with Crippen molar-refractivity contribution in [1.82, 2.24) is 4.90 Å². The zero-order valence-corrected chi connectivity index (χ0v) is 11.8. The van der Waals surface area contributed by atoms with Crippen LogP contribution in [0.2, 0.25) is 0 Å². The average molecular weight is 267 g/mol. The molecular formula is C18H21NO. The molecule has 2 nitrogen and oxygen atoms in total. The maximum Gasteiger partial charge on any atom is 0.223 e. The normalized spacial score (nSPS) is 24.9. The van der Waals surface area contributed by atoms with Gasteiger partial charge < -0.3 is 4.90 Å². The number of likely N-dealkylation sites (tertiary alicyclic amines) is 1. The SMILES string of the molecule is C#CC1CC(=O)N(CC2(c3ccccc3)CCCC2)C1. The van der Waals surface area contributed by atoms with E-state index in [9.17, 15) is 4.79 Å². The molecule has 0 N–H and O–H groups in total. The number of carbonyl (C=O) groups excluding carboxylic acids is 1. The molecule has 3 rings (SSSR count). The molecule has 104 valence electrons. The maximum atomic E-state index is 12.1. The van der Waals surface area contributed by atoms with Crippen LogP contribution >= 0.6 is 0 Å². The summed E-state index contributed by atoms with van der Waals surface area (Å²) in [5.74, 6) is 3.08. The molecule has 1 aliphatic heterocycles. The summed E-state index contributed by atoms with van der Waals surface area (Å²) >= 11 is 0. The van der Waals surface area contributed by atoms with E-state index < -0.39 is 0 Å². The lowest BCUT2D eigenvalue weighted by atomic mass is 9.78. The number of benzene rings is 1. The first-order valence-corrected chi connectivity index (χ1v) is 7.53. The van der Waals surface area contributed by atoms with Crippen LogP contribution < -0.4 is 0 Å². The predicted octanol–water partition coefficient (Wildman–Crippen LogP) is 2.98. The first kappa shape index (κ1) is 13.2. The molecule has 1 aliphatic carbocycles. The van der Waals surface area contributed by atoms with Crippen LogP contribution in [0.5, 0.6) is 0 Å². The van der Waals surface area contributed by atoms with Gasteiger partial charge in [0, 0.05) is 30.8 Å². The van der Waals surface area contributed by atoms with Crippen LogP contribution in [0.3, 0.4) is 0 Å². The van der Waals surface area contributed by atoms with Crippen molar-refractivity contribution in [1.29, 1.82) is 0 Å². The minimum Gasteiger partial charge on any atom is -0.341 e. The van der Waals surface area contributed by atoms with Gasteiger partial charge in [0.1, 0.15) is 0 Å². The molecule has 1 saturated heterocycles. The number of nitrogens with zero attached hydrogens (tertiary/aromatic N) is 1. The number of hydrogen-bond acceptors (Lipinski definition) is 1. The zero-order valence-electron chi connectivity index (χ0n) is 11.8. The number of terminal acetylenes is 1. The quantitative estimate of drug-likeness (QED) is 0.771. The summed E-state index contributed by atoms with van der Waals surface area (Å²) in [6.45, 7) is 1.58. The number of hydrogen-bond donors (Lipinski definition) is 0. The molecule has 1 heterocycles. The molecule has 2 aliphatic rings. The third-order valence-corrected chi connectivity index (χ3v) is 4.89. The highest BCUT2D eigenvalue weighted by molar-refractivity contribution is 5.79. The second kappa shape index (κ2) is 5.32. The third kappa shape index (κ3) is 2.33. The number of carbonyl (C=O) groups is 1. The van der Waals surface area contributed by atoms with Crippen LogP contribution in [0.1, 0.15) is 37.7 Å². The molecule has 1 saturated carbocycles. The Morgan fingerprint density at radius 2 is 1.95 bits per heavy atom. The molecule has 20 heavy (non-hydrogen) atoms. The molecule has 2 heteroatoms. The van der Waals surface area contributed by atoms with Gasteiger partial charge in [-0.1, -0.05) is 43.2 Å². The smallest absolute Gasteiger partial charge is 0.223 e. The standard InChI is InChI=1S/C18H21NO/c1-2-15-12-17(20)19(13-15)14-18(10-6-7-11-18)16-8-4-3-5-9-16/h1,3-5,8-9,15H,6-7,10-14H2. The van der Waals surface area contributed by atoms with E-state index >= 15 is 0 Å². The summed E-state index contributed by atoms with van der Waals surface area (Å²) < 4.78 is 0. The van der Waals surface area contributed by atoms with Gasteiger partial charge in [-0.2, -0.15) is 0 Å². The number of amides is 1. The lowest BCUT2D eigenvalue weighted by Crippen LogP contribution is -2.40. The zero-order chi connectivity index (χ0) is 14.0. The van der Waals surface area contributed by atoms with Gasteiger partial charge in [-0.05, 0) is 18.4 Å². The Balaban J connectivity index is 1.83. The Bertz CT molecular complexity index is 522. The fourth-order valence-corrected chi connectivity index (χ4v) is 3.78. The van der Waals surface area contributed by atoms with Gasteiger partial charge in [-0.3, -0.25) is 4.79 Å². The van der Waals surface area contributed by atoms with Crippen molar-refractivity contribution in [2.24, 2.45) is 5.92 Å². The molecule has 0 radical (unpaired) electrons. The van der Waals surface area contributed by atoms with Crippen molar-refractivity contribution in [3.8, 4) is 12.3 Å². The summed E-state index contributed by atoms with van der Waals surface area (Å²) in [5, 5.41) is 0. The molecule has 1 amide bonds. The molecule has 0 bridgehead atoms.